The van der Waals surface area contributed by atoms with Crippen molar-refractivity contribution in [3.05, 3.63) is 0 Å². The fourth-order valence-corrected chi connectivity index (χ4v) is 2.59. The molecule has 0 amide bonds. The third-order valence-electron chi connectivity index (χ3n) is 3.67. The molecule has 0 spiro atoms. The van der Waals surface area contributed by atoms with Gasteiger partial charge in [-0.1, -0.05) is 0 Å². The van der Waals surface area contributed by atoms with Gasteiger partial charge in [0.15, 0.2) is 0 Å². The van der Waals surface area contributed by atoms with Gasteiger partial charge >= 0.3 is 6.18 Å². The summed E-state index contributed by atoms with van der Waals surface area (Å²) in [6.07, 6.45) is -4.33. The second kappa shape index (κ2) is 6.90. The van der Waals surface area contributed by atoms with Crippen LogP contribution in [0.5, 0.6) is 0 Å². The third kappa shape index (κ3) is 5.28. The molecule has 0 radical (unpaired) electrons. The molecule has 1 saturated carbocycles. The fraction of sp³-hybridized carbons (Fsp3) is 1.00. The largest absolute Gasteiger partial charge is 0.393 e. The summed E-state index contributed by atoms with van der Waals surface area (Å²) in [4.78, 5) is 1.67. The minimum Gasteiger partial charge on any atom is -0.393 e. The van der Waals surface area contributed by atoms with E-state index in [-0.39, 0.29) is 25.4 Å². The van der Waals surface area contributed by atoms with Crippen LogP contribution in [0.1, 0.15) is 33.1 Å². The molecular weight excluding hydrogens is 259 g/mol. The van der Waals surface area contributed by atoms with Crippen molar-refractivity contribution in [2.24, 2.45) is 5.92 Å². The highest BCUT2D eigenvalue weighted by molar-refractivity contribution is 4.89. The van der Waals surface area contributed by atoms with Gasteiger partial charge in [-0.2, -0.15) is 13.2 Å². The normalized spacial score (nSPS) is 29.2. The Labute approximate surface area is 112 Å². The monoisotopic (exact) mass is 283 g/mol. The van der Waals surface area contributed by atoms with E-state index in [1.165, 1.54) is 0 Å². The third-order valence-corrected chi connectivity index (χ3v) is 3.67. The van der Waals surface area contributed by atoms with Crippen LogP contribution >= 0.6 is 0 Å². The number of nitrogens with zero attached hydrogens (tertiary/aromatic N) is 1. The first-order valence-electron chi connectivity index (χ1n) is 6.78. The molecule has 1 N–H and O–H groups in total. The molecule has 114 valence electrons. The minimum atomic E-state index is -4.20. The van der Waals surface area contributed by atoms with Crippen molar-refractivity contribution >= 4 is 0 Å². The van der Waals surface area contributed by atoms with Crippen LogP contribution in [0.15, 0.2) is 0 Å². The standard InChI is InChI=1S/C13H24F3NO2/c1-9(2)19-7-6-17(3)12-8-10(18)4-5-11(12)13(14,15)16/h9-12,18H,4-8H2,1-3H3. The molecule has 1 fully saturated rings. The van der Waals surface area contributed by atoms with Gasteiger partial charge in [-0.25, -0.2) is 0 Å². The molecule has 0 heterocycles. The van der Waals surface area contributed by atoms with Gasteiger partial charge in [-0.15, -0.1) is 0 Å². The molecule has 3 unspecified atom stereocenters. The summed E-state index contributed by atoms with van der Waals surface area (Å²) in [5, 5.41) is 9.60. The number of aliphatic hydroxyl groups excluding tert-OH is 1. The molecule has 0 aromatic heterocycles. The lowest BCUT2D eigenvalue weighted by atomic mass is 9.81. The van der Waals surface area contributed by atoms with Crippen LogP contribution in [0.25, 0.3) is 0 Å². The van der Waals surface area contributed by atoms with Crippen LogP contribution in [0.2, 0.25) is 0 Å². The maximum Gasteiger partial charge on any atom is 0.393 e. The summed E-state index contributed by atoms with van der Waals surface area (Å²) in [6.45, 7) is 4.64. The van der Waals surface area contributed by atoms with Crippen molar-refractivity contribution < 1.29 is 23.0 Å². The summed E-state index contributed by atoms with van der Waals surface area (Å²) in [7, 11) is 1.67. The van der Waals surface area contributed by atoms with E-state index < -0.39 is 24.2 Å². The Kier molecular flexibility index (Phi) is 6.08. The average Bonchev–Trinajstić information content (AvgIpc) is 2.26. The minimum absolute atomic E-state index is 0.00467. The molecule has 19 heavy (non-hydrogen) atoms. The molecule has 0 aliphatic heterocycles. The number of hydrogen-bond acceptors (Lipinski definition) is 3. The lowest BCUT2D eigenvalue weighted by Crippen LogP contribution is -2.50. The van der Waals surface area contributed by atoms with E-state index in [0.717, 1.165) is 0 Å². The smallest absolute Gasteiger partial charge is 0.393 e. The molecule has 0 saturated heterocycles. The predicted molar refractivity (Wildman–Crippen MR) is 66.9 cm³/mol. The Morgan fingerprint density at radius 2 is 1.95 bits per heavy atom. The van der Waals surface area contributed by atoms with Crippen molar-refractivity contribution in [2.75, 3.05) is 20.2 Å². The Bertz CT molecular complexity index is 271. The van der Waals surface area contributed by atoms with E-state index in [1.54, 1.807) is 11.9 Å². The summed E-state index contributed by atoms with van der Waals surface area (Å²) in [5.74, 6) is -1.35. The molecule has 3 nitrogen and oxygen atoms in total. The van der Waals surface area contributed by atoms with Crippen LogP contribution in [0, 0.1) is 5.92 Å². The summed E-state index contributed by atoms with van der Waals surface area (Å²) >= 11 is 0. The first-order chi connectivity index (χ1) is 8.71. The van der Waals surface area contributed by atoms with E-state index in [4.69, 9.17) is 4.74 Å². The Balaban J connectivity index is 2.58. The molecule has 0 aromatic rings. The molecule has 0 bridgehead atoms. The van der Waals surface area contributed by atoms with Gasteiger partial charge in [-0.3, -0.25) is 0 Å². The average molecular weight is 283 g/mol. The maximum atomic E-state index is 13.0. The Morgan fingerprint density at radius 3 is 2.47 bits per heavy atom. The van der Waals surface area contributed by atoms with Gasteiger partial charge in [0.2, 0.25) is 0 Å². The van der Waals surface area contributed by atoms with Crippen LogP contribution in [0.4, 0.5) is 13.2 Å². The van der Waals surface area contributed by atoms with Crippen molar-refractivity contribution in [1.82, 2.24) is 4.90 Å². The second-order valence-electron chi connectivity index (χ2n) is 5.58. The first-order valence-corrected chi connectivity index (χ1v) is 6.78. The van der Waals surface area contributed by atoms with Crippen molar-refractivity contribution in [3.63, 3.8) is 0 Å². The lowest BCUT2D eigenvalue weighted by molar-refractivity contribution is -0.204. The van der Waals surface area contributed by atoms with Crippen molar-refractivity contribution in [2.45, 2.75) is 57.5 Å². The van der Waals surface area contributed by atoms with E-state index in [2.05, 4.69) is 0 Å². The Hall–Kier alpha value is -0.330. The van der Waals surface area contributed by atoms with Gasteiger partial charge in [-0.05, 0) is 40.2 Å². The quantitative estimate of drug-likeness (QED) is 0.841. The van der Waals surface area contributed by atoms with E-state index in [1.807, 2.05) is 13.8 Å². The summed E-state index contributed by atoms with van der Waals surface area (Å²) in [5.41, 5.74) is 0. The maximum absolute atomic E-state index is 13.0. The SMILES string of the molecule is CC(C)OCCN(C)C1CC(O)CCC1C(F)(F)F. The van der Waals surface area contributed by atoms with Crippen LogP contribution < -0.4 is 0 Å². The van der Waals surface area contributed by atoms with E-state index in [0.29, 0.717) is 13.2 Å². The zero-order chi connectivity index (χ0) is 14.6. The number of hydrogen-bond donors (Lipinski definition) is 1. The zero-order valence-corrected chi connectivity index (χ0v) is 11.8. The molecule has 1 rings (SSSR count). The molecular formula is C13H24F3NO2. The fourth-order valence-electron chi connectivity index (χ4n) is 2.59. The van der Waals surface area contributed by atoms with E-state index >= 15 is 0 Å². The van der Waals surface area contributed by atoms with Gasteiger partial charge < -0.3 is 14.7 Å². The van der Waals surface area contributed by atoms with Crippen LogP contribution in [0.3, 0.4) is 0 Å². The molecule has 1 aliphatic rings. The highest BCUT2D eigenvalue weighted by Gasteiger charge is 2.48. The number of ether oxygens (including phenoxy) is 1. The van der Waals surface area contributed by atoms with Gasteiger partial charge in [0.05, 0.1) is 24.7 Å². The molecule has 1 aliphatic carbocycles. The van der Waals surface area contributed by atoms with Crippen molar-refractivity contribution in [1.29, 1.82) is 0 Å². The van der Waals surface area contributed by atoms with Crippen LogP contribution in [-0.2, 0) is 4.74 Å². The highest BCUT2D eigenvalue weighted by Crippen LogP contribution is 2.39. The topological polar surface area (TPSA) is 32.7 Å². The molecule has 0 aromatic carbocycles. The number of rotatable bonds is 5. The summed E-state index contributed by atoms with van der Waals surface area (Å²) < 4.78 is 44.3. The van der Waals surface area contributed by atoms with Gasteiger partial charge in [0.25, 0.3) is 0 Å². The number of halogens is 3. The molecule has 6 heteroatoms. The first kappa shape index (κ1) is 16.7. The highest BCUT2D eigenvalue weighted by atomic mass is 19.4. The number of alkyl halides is 3. The summed E-state index contributed by atoms with van der Waals surface area (Å²) in [6, 6.07) is -0.653. The van der Waals surface area contributed by atoms with Crippen LogP contribution in [-0.4, -0.2) is 54.6 Å². The predicted octanol–water partition coefficient (Wildman–Crippen LogP) is 2.44. The van der Waals surface area contributed by atoms with E-state index in [9.17, 15) is 18.3 Å². The van der Waals surface area contributed by atoms with Crippen molar-refractivity contribution in [3.8, 4) is 0 Å². The number of aliphatic hydroxyl groups is 1. The zero-order valence-electron chi connectivity index (χ0n) is 11.8. The molecule has 3 atom stereocenters. The van der Waals surface area contributed by atoms with Gasteiger partial charge in [0.1, 0.15) is 0 Å². The van der Waals surface area contributed by atoms with Gasteiger partial charge in [0, 0.05) is 12.6 Å². The number of likely N-dealkylation sites (N-methyl/N-ethyl adjacent to an activating group) is 1. The second-order valence-corrected chi connectivity index (χ2v) is 5.58. The lowest BCUT2D eigenvalue weighted by Gasteiger charge is -2.40. The Morgan fingerprint density at radius 1 is 1.32 bits per heavy atom.